The molecule has 6 nitrogen and oxygen atoms in total. The third-order valence-electron chi connectivity index (χ3n) is 3.89. The summed E-state index contributed by atoms with van der Waals surface area (Å²) in [6.45, 7) is 1.49. The lowest BCUT2D eigenvalue weighted by atomic mass is 10.2. The largest absolute Gasteiger partial charge is 0.457 e. The van der Waals surface area contributed by atoms with Gasteiger partial charge < -0.3 is 9.47 Å². The van der Waals surface area contributed by atoms with E-state index in [1.54, 1.807) is 48.5 Å². The normalized spacial score (nSPS) is 15.7. The summed E-state index contributed by atoms with van der Waals surface area (Å²) in [6.07, 6.45) is 0. The molecule has 3 rings (SSSR count). The van der Waals surface area contributed by atoms with Gasteiger partial charge in [-0.25, -0.2) is 13.2 Å². The van der Waals surface area contributed by atoms with E-state index in [4.69, 9.17) is 9.47 Å². The van der Waals surface area contributed by atoms with Gasteiger partial charge in [0.05, 0.1) is 23.7 Å². The zero-order valence-corrected chi connectivity index (χ0v) is 14.4. The van der Waals surface area contributed by atoms with E-state index in [1.165, 1.54) is 4.31 Å². The predicted molar refractivity (Wildman–Crippen MR) is 91.6 cm³/mol. The molecule has 2 aromatic rings. The lowest BCUT2D eigenvalue weighted by Gasteiger charge is -2.26. The van der Waals surface area contributed by atoms with Crippen molar-refractivity contribution in [1.82, 2.24) is 4.31 Å². The van der Waals surface area contributed by atoms with Gasteiger partial charge in [-0.15, -0.1) is 0 Å². The van der Waals surface area contributed by atoms with E-state index in [0.717, 1.165) is 0 Å². The number of benzene rings is 2. The topological polar surface area (TPSA) is 72.9 Å². The van der Waals surface area contributed by atoms with E-state index in [-0.39, 0.29) is 11.5 Å². The maximum atomic E-state index is 12.7. The molecule has 0 unspecified atom stereocenters. The molecule has 2 aromatic carbocycles. The molecular formula is C18H19NO5S. The SMILES string of the molecule is O=C(OCc1cccc(S(=O)(=O)N2CCOCC2)c1)c1ccccc1. The van der Waals surface area contributed by atoms with Gasteiger partial charge >= 0.3 is 5.97 Å². The van der Waals surface area contributed by atoms with Crippen molar-refractivity contribution < 1.29 is 22.7 Å². The highest BCUT2D eigenvalue weighted by atomic mass is 32.2. The fourth-order valence-electron chi connectivity index (χ4n) is 2.54. The van der Waals surface area contributed by atoms with E-state index in [2.05, 4.69) is 0 Å². The Morgan fingerprint density at radius 2 is 1.76 bits per heavy atom. The van der Waals surface area contributed by atoms with Gasteiger partial charge in [-0.3, -0.25) is 0 Å². The van der Waals surface area contributed by atoms with Crippen LogP contribution in [-0.4, -0.2) is 45.0 Å². The molecule has 0 amide bonds. The summed E-state index contributed by atoms with van der Waals surface area (Å²) < 4.78 is 37.2. The molecule has 132 valence electrons. The summed E-state index contributed by atoms with van der Waals surface area (Å²) in [4.78, 5) is 12.2. The molecule has 1 aliphatic heterocycles. The van der Waals surface area contributed by atoms with Crippen molar-refractivity contribution in [3.8, 4) is 0 Å². The highest BCUT2D eigenvalue weighted by molar-refractivity contribution is 7.89. The second-order valence-corrected chi connectivity index (χ2v) is 7.54. The number of esters is 1. The Kier molecular flexibility index (Phi) is 5.47. The fourth-order valence-corrected chi connectivity index (χ4v) is 4.02. The molecule has 1 saturated heterocycles. The Hall–Kier alpha value is -2.22. The first-order valence-corrected chi connectivity index (χ1v) is 9.40. The lowest BCUT2D eigenvalue weighted by molar-refractivity contribution is 0.0472. The zero-order valence-electron chi connectivity index (χ0n) is 13.6. The minimum Gasteiger partial charge on any atom is -0.457 e. The van der Waals surface area contributed by atoms with E-state index in [1.807, 2.05) is 6.07 Å². The molecule has 0 aromatic heterocycles. The number of carbonyl (C=O) groups is 1. The third kappa shape index (κ3) is 4.25. The predicted octanol–water partition coefficient (Wildman–Crippen LogP) is 2.06. The molecule has 0 spiro atoms. The Labute approximate surface area is 147 Å². The third-order valence-corrected chi connectivity index (χ3v) is 5.78. The summed E-state index contributed by atoms with van der Waals surface area (Å²) >= 11 is 0. The molecule has 1 fully saturated rings. The van der Waals surface area contributed by atoms with Gasteiger partial charge in [0.25, 0.3) is 0 Å². The summed E-state index contributed by atoms with van der Waals surface area (Å²) in [5, 5.41) is 0. The number of hydrogen-bond donors (Lipinski definition) is 0. The lowest BCUT2D eigenvalue weighted by Crippen LogP contribution is -2.40. The maximum Gasteiger partial charge on any atom is 0.338 e. The molecule has 1 aliphatic rings. The molecule has 7 heteroatoms. The van der Waals surface area contributed by atoms with Gasteiger partial charge in [0.15, 0.2) is 0 Å². The summed E-state index contributed by atoms with van der Waals surface area (Å²) in [5.41, 5.74) is 1.08. The standard InChI is InChI=1S/C18H19NO5S/c20-18(16-6-2-1-3-7-16)24-14-15-5-4-8-17(13-15)25(21,22)19-9-11-23-12-10-19/h1-8,13H,9-12,14H2. The van der Waals surface area contributed by atoms with Crippen LogP contribution in [0.1, 0.15) is 15.9 Å². The number of carbonyl (C=O) groups excluding carboxylic acids is 1. The number of nitrogens with zero attached hydrogens (tertiary/aromatic N) is 1. The van der Waals surface area contributed by atoms with E-state index in [9.17, 15) is 13.2 Å². The van der Waals surface area contributed by atoms with Gasteiger partial charge in [0.2, 0.25) is 10.0 Å². The number of morpholine rings is 1. The highest BCUT2D eigenvalue weighted by Gasteiger charge is 2.26. The Morgan fingerprint density at radius 1 is 1.04 bits per heavy atom. The summed E-state index contributed by atoms with van der Waals surface area (Å²) in [6, 6.07) is 15.1. The van der Waals surface area contributed by atoms with Crippen molar-refractivity contribution in [2.24, 2.45) is 0 Å². The smallest absolute Gasteiger partial charge is 0.338 e. The van der Waals surface area contributed by atoms with Gasteiger partial charge in [0.1, 0.15) is 6.61 Å². The van der Waals surface area contributed by atoms with Crippen molar-refractivity contribution in [3.05, 3.63) is 65.7 Å². The summed E-state index contributed by atoms with van der Waals surface area (Å²) in [7, 11) is -3.56. The van der Waals surface area contributed by atoms with Crippen LogP contribution in [-0.2, 0) is 26.1 Å². The first kappa shape index (κ1) is 17.6. The average Bonchev–Trinajstić information content (AvgIpc) is 2.67. The molecule has 1 heterocycles. The molecular weight excluding hydrogens is 342 g/mol. The van der Waals surface area contributed by atoms with E-state index < -0.39 is 16.0 Å². The fraction of sp³-hybridized carbons (Fsp3) is 0.278. The van der Waals surface area contributed by atoms with Crippen LogP contribution < -0.4 is 0 Å². The Morgan fingerprint density at radius 3 is 2.48 bits per heavy atom. The van der Waals surface area contributed by atoms with Crippen LogP contribution in [0.4, 0.5) is 0 Å². The second-order valence-electron chi connectivity index (χ2n) is 5.61. The molecule has 0 bridgehead atoms. The number of sulfonamides is 1. The quantitative estimate of drug-likeness (QED) is 0.762. The van der Waals surface area contributed by atoms with Crippen molar-refractivity contribution in [3.63, 3.8) is 0 Å². The molecule has 0 N–H and O–H groups in total. The molecule has 0 atom stereocenters. The van der Waals surface area contributed by atoms with Gasteiger partial charge in [-0.05, 0) is 29.8 Å². The highest BCUT2D eigenvalue weighted by Crippen LogP contribution is 2.19. The van der Waals surface area contributed by atoms with Crippen LogP contribution in [0.5, 0.6) is 0 Å². The minimum atomic E-state index is -3.56. The van der Waals surface area contributed by atoms with Crippen molar-refractivity contribution in [2.45, 2.75) is 11.5 Å². The van der Waals surface area contributed by atoms with Gasteiger partial charge in [-0.1, -0.05) is 30.3 Å². The van der Waals surface area contributed by atoms with Crippen LogP contribution in [0.3, 0.4) is 0 Å². The number of rotatable bonds is 5. The van der Waals surface area contributed by atoms with Gasteiger partial charge in [-0.2, -0.15) is 4.31 Å². The average molecular weight is 361 g/mol. The Balaban J connectivity index is 1.70. The van der Waals surface area contributed by atoms with Crippen molar-refractivity contribution >= 4 is 16.0 Å². The first-order valence-electron chi connectivity index (χ1n) is 7.96. The van der Waals surface area contributed by atoms with Crippen LogP contribution in [0.2, 0.25) is 0 Å². The van der Waals surface area contributed by atoms with Crippen LogP contribution in [0.15, 0.2) is 59.5 Å². The number of hydrogen-bond acceptors (Lipinski definition) is 5. The van der Waals surface area contributed by atoms with Gasteiger partial charge in [0, 0.05) is 13.1 Å². The molecule has 0 aliphatic carbocycles. The van der Waals surface area contributed by atoms with Crippen molar-refractivity contribution in [2.75, 3.05) is 26.3 Å². The van der Waals surface area contributed by atoms with Crippen LogP contribution >= 0.6 is 0 Å². The summed E-state index contributed by atoms with van der Waals surface area (Å²) in [5.74, 6) is -0.443. The number of ether oxygens (including phenoxy) is 2. The van der Waals surface area contributed by atoms with Crippen LogP contribution in [0, 0.1) is 0 Å². The minimum absolute atomic E-state index is 0.0141. The second kappa shape index (κ2) is 7.77. The van der Waals surface area contributed by atoms with E-state index in [0.29, 0.717) is 37.4 Å². The molecule has 25 heavy (non-hydrogen) atoms. The first-order chi connectivity index (χ1) is 12.1. The Bertz CT molecular complexity index is 830. The van der Waals surface area contributed by atoms with Crippen molar-refractivity contribution in [1.29, 1.82) is 0 Å². The van der Waals surface area contributed by atoms with Crippen LogP contribution in [0.25, 0.3) is 0 Å². The monoisotopic (exact) mass is 361 g/mol. The molecule has 0 saturated carbocycles. The van der Waals surface area contributed by atoms with E-state index >= 15 is 0 Å². The molecule has 0 radical (unpaired) electrons. The zero-order chi connectivity index (χ0) is 17.7. The maximum absolute atomic E-state index is 12.7.